The number of likely N-dealkylation sites (tertiary alicyclic amines) is 2. The molecule has 4 rings (SSSR count). The largest absolute Gasteiger partial charge is 0.490 e. The van der Waals surface area contributed by atoms with Crippen LogP contribution in [-0.2, 0) is 16.1 Å². The van der Waals surface area contributed by atoms with Crippen LogP contribution in [0.5, 0.6) is 0 Å². The molecule has 0 radical (unpaired) electrons. The van der Waals surface area contributed by atoms with Gasteiger partial charge in [-0.25, -0.2) is 4.79 Å². The highest BCUT2D eigenvalue weighted by Gasteiger charge is 2.47. The van der Waals surface area contributed by atoms with Crippen molar-refractivity contribution in [2.45, 2.75) is 50.9 Å². The lowest BCUT2D eigenvalue weighted by molar-refractivity contribution is -0.192. The monoisotopic (exact) mass is 467 g/mol. The second kappa shape index (κ2) is 9.63. The molecule has 0 aliphatic carbocycles. The average molecular weight is 467 g/mol. The molecular formula is C22H24F3N3O5. The number of pyridine rings is 1. The summed E-state index contributed by atoms with van der Waals surface area (Å²) in [6.07, 6.45) is 1.55. The fourth-order valence-corrected chi connectivity index (χ4v) is 4.16. The molecule has 11 heteroatoms. The number of carboxylic acid groups (broad SMARTS) is 1. The lowest BCUT2D eigenvalue weighted by Crippen LogP contribution is -2.53. The Kier molecular flexibility index (Phi) is 7.09. The molecule has 1 spiro atoms. The van der Waals surface area contributed by atoms with E-state index in [-0.39, 0.29) is 17.4 Å². The number of aromatic nitrogens is 1. The summed E-state index contributed by atoms with van der Waals surface area (Å²) in [4.78, 5) is 42.0. The third kappa shape index (κ3) is 5.71. The summed E-state index contributed by atoms with van der Waals surface area (Å²) in [5, 5.41) is 7.12. The summed E-state index contributed by atoms with van der Waals surface area (Å²) in [7, 11) is 0. The zero-order valence-electron chi connectivity index (χ0n) is 18.0. The summed E-state index contributed by atoms with van der Waals surface area (Å²) in [6, 6.07) is 7.44. The van der Waals surface area contributed by atoms with E-state index < -0.39 is 12.1 Å². The standard InChI is InChI=1S/C20H23N3O3.C2HF3O2/c1-15-4-5-17(26-15)19(25)22-11-8-20(9-12-22)7-6-18(24)23(20)14-16-3-2-10-21-13-16;3-2(4,5)1(6)7/h2-5,10,13H,6-9,11-12,14H2,1H3;(H,6,7). The van der Waals surface area contributed by atoms with Crippen LogP contribution in [-0.4, -0.2) is 62.5 Å². The van der Waals surface area contributed by atoms with E-state index in [1.807, 2.05) is 41.1 Å². The molecule has 178 valence electrons. The summed E-state index contributed by atoms with van der Waals surface area (Å²) >= 11 is 0. The molecule has 0 atom stereocenters. The van der Waals surface area contributed by atoms with E-state index in [4.69, 9.17) is 14.3 Å². The zero-order valence-corrected chi connectivity index (χ0v) is 18.0. The molecule has 0 saturated carbocycles. The highest BCUT2D eigenvalue weighted by Crippen LogP contribution is 2.40. The predicted molar refractivity (Wildman–Crippen MR) is 109 cm³/mol. The highest BCUT2D eigenvalue weighted by atomic mass is 19.4. The second-order valence-corrected chi connectivity index (χ2v) is 8.07. The van der Waals surface area contributed by atoms with Gasteiger partial charge in [0.2, 0.25) is 5.91 Å². The smallest absolute Gasteiger partial charge is 0.475 e. The quantitative estimate of drug-likeness (QED) is 0.742. The van der Waals surface area contributed by atoms with E-state index in [0.29, 0.717) is 31.8 Å². The van der Waals surface area contributed by atoms with Gasteiger partial charge in [-0.3, -0.25) is 14.6 Å². The number of hydrogen-bond donors (Lipinski definition) is 1. The molecule has 4 heterocycles. The number of amides is 2. The maximum absolute atomic E-state index is 12.6. The van der Waals surface area contributed by atoms with Crippen molar-refractivity contribution < 1.29 is 37.1 Å². The Balaban J connectivity index is 0.000000383. The van der Waals surface area contributed by atoms with Gasteiger partial charge in [0, 0.05) is 44.0 Å². The van der Waals surface area contributed by atoms with Crippen LogP contribution >= 0.6 is 0 Å². The van der Waals surface area contributed by atoms with Crippen LogP contribution in [0, 0.1) is 6.92 Å². The average Bonchev–Trinajstić information content (AvgIpc) is 3.34. The number of nitrogens with zero attached hydrogens (tertiary/aromatic N) is 3. The lowest BCUT2D eigenvalue weighted by Gasteiger charge is -2.44. The van der Waals surface area contributed by atoms with Gasteiger partial charge in [0.1, 0.15) is 5.76 Å². The van der Waals surface area contributed by atoms with Crippen LogP contribution in [0.1, 0.15) is 47.6 Å². The summed E-state index contributed by atoms with van der Waals surface area (Å²) in [5.41, 5.74) is 0.912. The molecule has 8 nitrogen and oxygen atoms in total. The first-order chi connectivity index (χ1) is 15.5. The molecule has 2 fully saturated rings. The van der Waals surface area contributed by atoms with E-state index in [1.54, 1.807) is 12.3 Å². The van der Waals surface area contributed by atoms with Crippen LogP contribution < -0.4 is 0 Å². The van der Waals surface area contributed by atoms with Crippen LogP contribution in [0.4, 0.5) is 13.2 Å². The Morgan fingerprint density at radius 2 is 1.85 bits per heavy atom. The van der Waals surface area contributed by atoms with Crippen molar-refractivity contribution >= 4 is 17.8 Å². The van der Waals surface area contributed by atoms with E-state index >= 15 is 0 Å². The first-order valence-electron chi connectivity index (χ1n) is 10.4. The van der Waals surface area contributed by atoms with Crippen molar-refractivity contribution in [3.8, 4) is 0 Å². The van der Waals surface area contributed by atoms with E-state index in [2.05, 4.69) is 4.98 Å². The van der Waals surface area contributed by atoms with Gasteiger partial charge in [-0.1, -0.05) is 6.07 Å². The van der Waals surface area contributed by atoms with Crippen molar-refractivity contribution in [1.29, 1.82) is 0 Å². The van der Waals surface area contributed by atoms with E-state index in [9.17, 15) is 22.8 Å². The number of halogens is 3. The number of furan rings is 1. The number of rotatable bonds is 3. The molecular weight excluding hydrogens is 443 g/mol. The van der Waals surface area contributed by atoms with Gasteiger partial charge in [0.05, 0.1) is 0 Å². The Hall–Kier alpha value is -3.37. The highest BCUT2D eigenvalue weighted by molar-refractivity contribution is 5.91. The number of carbonyl (C=O) groups is 3. The molecule has 0 bridgehead atoms. The van der Waals surface area contributed by atoms with Crippen molar-refractivity contribution in [3.05, 3.63) is 53.7 Å². The Morgan fingerprint density at radius 3 is 2.36 bits per heavy atom. The zero-order chi connectivity index (χ0) is 24.2. The van der Waals surface area contributed by atoms with Gasteiger partial charge >= 0.3 is 12.1 Å². The van der Waals surface area contributed by atoms with Gasteiger partial charge in [0.25, 0.3) is 5.91 Å². The van der Waals surface area contributed by atoms with E-state index in [0.717, 1.165) is 30.6 Å². The molecule has 2 saturated heterocycles. The topological polar surface area (TPSA) is 104 Å². The molecule has 2 amide bonds. The number of aliphatic carboxylic acids is 1. The number of carbonyl (C=O) groups excluding carboxylic acids is 2. The van der Waals surface area contributed by atoms with Crippen LogP contribution in [0.25, 0.3) is 0 Å². The molecule has 0 unspecified atom stereocenters. The normalized spacial score (nSPS) is 17.6. The minimum absolute atomic E-state index is 0.0592. The molecule has 2 aromatic heterocycles. The number of alkyl halides is 3. The SMILES string of the molecule is Cc1ccc(C(=O)N2CCC3(CCC(=O)N3Cc3cccnc3)CC2)o1.O=C(O)C(F)(F)F. The van der Waals surface area contributed by atoms with Crippen molar-refractivity contribution in [1.82, 2.24) is 14.8 Å². The Bertz CT molecular complexity index is 998. The van der Waals surface area contributed by atoms with E-state index in [1.165, 1.54) is 0 Å². The van der Waals surface area contributed by atoms with Gasteiger partial charge in [0.15, 0.2) is 5.76 Å². The maximum atomic E-state index is 12.6. The van der Waals surface area contributed by atoms with Crippen LogP contribution in [0.3, 0.4) is 0 Å². The third-order valence-electron chi connectivity index (χ3n) is 5.92. The fraction of sp³-hybridized carbons (Fsp3) is 0.455. The Labute approximate surface area is 188 Å². The molecule has 0 aromatic carbocycles. The van der Waals surface area contributed by atoms with Gasteiger partial charge in [-0.05, 0) is 49.9 Å². The van der Waals surface area contributed by atoms with Crippen molar-refractivity contribution in [3.63, 3.8) is 0 Å². The number of piperidine rings is 1. The summed E-state index contributed by atoms with van der Waals surface area (Å²) in [6.45, 7) is 3.73. The Morgan fingerprint density at radius 1 is 1.18 bits per heavy atom. The van der Waals surface area contributed by atoms with Crippen molar-refractivity contribution in [2.24, 2.45) is 0 Å². The fourth-order valence-electron chi connectivity index (χ4n) is 4.16. The molecule has 2 aliphatic heterocycles. The molecule has 1 N–H and O–H groups in total. The molecule has 2 aliphatic rings. The molecule has 2 aromatic rings. The summed E-state index contributed by atoms with van der Waals surface area (Å²) < 4.78 is 37.2. The number of aryl methyl sites for hydroxylation is 1. The van der Waals surface area contributed by atoms with Gasteiger partial charge in [-0.2, -0.15) is 13.2 Å². The van der Waals surface area contributed by atoms with Crippen LogP contribution in [0.15, 0.2) is 41.1 Å². The number of carboxylic acids is 1. The third-order valence-corrected chi connectivity index (χ3v) is 5.92. The second-order valence-electron chi connectivity index (χ2n) is 8.07. The van der Waals surface area contributed by atoms with Gasteiger partial charge < -0.3 is 19.3 Å². The summed E-state index contributed by atoms with van der Waals surface area (Å²) in [5.74, 6) is -1.47. The maximum Gasteiger partial charge on any atom is 0.490 e. The van der Waals surface area contributed by atoms with Crippen LogP contribution in [0.2, 0.25) is 0 Å². The first kappa shape index (κ1) is 24.3. The molecule has 33 heavy (non-hydrogen) atoms. The van der Waals surface area contributed by atoms with Crippen molar-refractivity contribution in [2.75, 3.05) is 13.1 Å². The van der Waals surface area contributed by atoms with Gasteiger partial charge in [-0.15, -0.1) is 0 Å². The lowest BCUT2D eigenvalue weighted by atomic mass is 9.84. The predicted octanol–water partition coefficient (Wildman–Crippen LogP) is 3.41. The minimum Gasteiger partial charge on any atom is -0.475 e. The number of hydrogen-bond acceptors (Lipinski definition) is 5. The first-order valence-corrected chi connectivity index (χ1v) is 10.4. The minimum atomic E-state index is -5.08.